The number of anilines is 9. The predicted octanol–water partition coefficient (Wildman–Crippen LogP) is 12.0. The average Bonchev–Trinajstić information content (AvgIpc) is 3.75. The zero-order chi connectivity index (χ0) is 47.1. The molecule has 0 radical (unpaired) electrons. The molecule has 0 N–H and O–H groups in total. The molecular weight excluding hydrogens is 864 g/mol. The molecule has 0 unspecified atom stereocenters. The summed E-state index contributed by atoms with van der Waals surface area (Å²) < 4.78 is 9.80. The number of ether oxygens (including phenoxy) is 1. The van der Waals surface area contributed by atoms with Gasteiger partial charge in [0.05, 0.1) is 16.7 Å². The van der Waals surface area contributed by atoms with Crippen LogP contribution in [0, 0.1) is 0 Å². The highest BCUT2D eigenvalue weighted by Gasteiger charge is 2.48. The summed E-state index contributed by atoms with van der Waals surface area (Å²) in [5.74, 6) is 2.36. The Bertz CT molecular complexity index is 3950. The second-order valence-corrected chi connectivity index (χ2v) is 20.3. The minimum absolute atomic E-state index is 0.130. The van der Waals surface area contributed by atoms with Crippen LogP contribution in [0.25, 0.3) is 27.5 Å². The Morgan fingerprint density at radius 2 is 0.859 bits per heavy atom. The van der Waals surface area contributed by atoms with E-state index in [4.69, 9.17) is 9.72 Å². The molecule has 6 heterocycles. The van der Waals surface area contributed by atoms with Crippen LogP contribution in [0.3, 0.4) is 0 Å². The summed E-state index contributed by atoms with van der Waals surface area (Å²) in [6.07, 6.45) is 0. The Kier molecular flexibility index (Phi) is 8.42. The minimum Gasteiger partial charge on any atom is -0.440 e. The van der Waals surface area contributed by atoms with Crippen molar-refractivity contribution in [3.05, 3.63) is 224 Å². The number of para-hydroxylation sites is 7. The highest BCUT2D eigenvalue weighted by atomic mass is 16.5. The molecule has 0 fully saturated rings. The van der Waals surface area contributed by atoms with Gasteiger partial charge in [-0.3, -0.25) is 4.90 Å². The van der Waals surface area contributed by atoms with Gasteiger partial charge in [0.25, 0.3) is 13.4 Å². The first-order valence-corrected chi connectivity index (χ1v) is 24.7. The molecule has 0 spiro atoms. The molecule has 8 heteroatoms. The van der Waals surface area contributed by atoms with E-state index >= 15 is 0 Å². The van der Waals surface area contributed by atoms with E-state index in [9.17, 15) is 0 Å². The molecule has 2 aromatic heterocycles. The molecule has 15 rings (SSSR count). The van der Waals surface area contributed by atoms with Gasteiger partial charge in [0.1, 0.15) is 11.6 Å². The van der Waals surface area contributed by atoms with E-state index in [2.05, 4.69) is 258 Å². The Morgan fingerprint density at radius 3 is 1.42 bits per heavy atom. The lowest BCUT2D eigenvalue weighted by Crippen LogP contribution is -2.64. The molecule has 71 heavy (non-hydrogen) atoms. The van der Waals surface area contributed by atoms with Gasteiger partial charge in [0.15, 0.2) is 0 Å². The normalized spacial score (nSPS) is 13.8. The number of pyridine rings is 1. The Labute approximate surface area is 413 Å². The van der Waals surface area contributed by atoms with Crippen LogP contribution in [0.4, 0.5) is 51.3 Å². The number of benzene rings is 9. The third kappa shape index (κ3) is 5.76. The van der Waals surface area contributed by atoms with Gasteiger partial charge in [-0.15, -0.1) is 0 Å². The highest BCUT2D eigenvalue weighted by molar-refractivity contribution is 7.02. The van der Waals surface area contributed by atoms with Gasteiger partial charge in [0.2, 0.25) is 5.88 Å². The average molecular weight is 910 g/mol. The summed E-state index contributed by atoms with van der Waals surface area (Å²) in [7, 11) is 0. The van der Waals surface area contributed by atoms with Gasteiger partial charge in [-0.25, -0.2) is 0 Å². The monoisotopic (exact) mass is 909 g/mol. The zero-order valence-corrected chi connectivity index (χ0v) is 39.6. The van der Waals surface area contributed by atoms with Crippen molar-refractivity contribution in [1.29, 1.82) is 0 Å². The van der Waals surface area contributed by atoms with E-state index in [1.807, 2.05) is 0 Å². The first kappa shape index (κ1) is 40.2. The molecule has 0 bridgehead atoms. The van der Waals surface area contributed by atoms with Crippen LogP contribution >= 0.6 is 0 Å². The lowest BCUT2D eigenvalue weighted by Gasteiger charge is -2.45. The topological polar surface area (TPSA) is 36.8 Å². The molecule has 0 saturated heterocycles. The molecule has 0 atom stereocenters. The third-order valence-electron chi connectivity index (χ3n) is 15.3. The van der Waals surface area contributed by atoms with Gasteiger partial charge >= 0.3 is 0 Å². The van der Waals surface area contributed by atoms with Crippen LogP contribution < -0.4 is 52.2 Å². The fraction of sp³-hybridized carbons (Fsp3) is 0.0635. The van der Waals surface area contributed by atoms with Crippen molar-refractivity contribution in [2.75, 3.05) is 14.7 Å². The van der Waals surface area contributed by atoms with Crippen LogP contribution in [0.2, 0.25) is 0 Å². The van der Waals surface area contributed by atoms with Crippen LogP contribution in [0.1, 0.15) is 26.3 Å². The summed E-state index contributed by atoms with van der Waals surface area (Å²) in [5.41, 5.74) is 20.5. The summed E-state index contributed by atoms with van der Waals surface area (Å²) in [6, 6.07) is 79.9. The minimum atomic E-state index is -0.153. The molecule has 11 aromatic rings. The Morgan fingerprint density at radius 1 is 0.394 bits per heavy atom. The molecular formula is C63H45B2N5O. The Hall–Kier alpha value is -8.74. The SMILES string of the molecule is CC(C)(C)c1cc2c3c(c1)N(c1ccccc1)c1ccccc1B3c1cc3c(nc1O2)N(c1ccccc1)c1cc(-n2c4ccccc4c4ccccc42)cc2c1B3c1ccccc1N2c1ccccc1. The van der Waals surface area contributed by atoms with Gasteiger partial charge in [-0.05, 0) is 129 Å². The van der Waals surface area contributed by atoms with Gasteiger partial charge in [0, 0.05) is 56.3 Å². The number of nitrogens with zero attached hydrogens (tertiary/aromatic N) is 5. The lowest BCUT2D eigenvalue weighted by molar-refractivity contribution is 0.465. The van der Waals surface area contributed by atoms with Crippen molar-refractivity contribution in [3.8, 4) is 17.3 Å². The maximum Gasteiger partial charge on any atom is 0.258 e. The summed E-state index contributed by atoms with van der Waals surface area (Å²) >= 11 is 0. The van der Waals surface area contributed by atoms with Gasteiger partial charge in [-0.2, -0.15) is 4.98 Å². The third-order valence-corrected chi connectivity index (χ3v) is 15.3. The molecule has 4 aliphatic rings. The highest BCUT2D eigenvalue weighted by Crippen LogP contribution is 2.48. The molecule has 0 amide bonds. The summed E-state index contributed by atoms with van der Waals surface area (Å²) in [4.78, 5) is 13.2. The Balaban J connectivity index is 1.05. The summed E-state index contributed by atoms with van der Waals surface area (Å²) in [5, 5.41) is 2.45. The number of rotatable bonds is 4. The van der Waals surface area contributed by atoms with E-state index in [0.717, 1.165) is 84.7 Å². The van der Waals surface area contributed by atoms with Crippen LogP contribution in [0.5, 0.6) is 11.6 Å². The number of hydrogen-bond acceptors (Lipinski definition) is 5. The first-order chi connectivity index (χ1) is 34.9. The summed E-state index contributed by atoms with van der Waals surface area (Å²) in [6.45, 7) is 6.57. The largest absolute Gasteiger partial charge is 0.440 e. The second kappa shape index (κ2) is 14.9. The molecule has 0 saturated carbocycles. The van der Waals surface area contributed by atoms with Crippen molar-refractivity contribution >= 4 is 119 Å². The molecule has 4 aliphatic heterocycles. The predicted molar refractivity (Wildman–Crippen MR) is 297 cm³/mol. The smallest absolute Gasteiger partial charge is 0.258 e. The van der Waals surface area contributed by atoms with E-state index < -0.39 is 0 Å². The van der Waals surface area contributed by atoms with Crippen molar-refractivity contribution in [1.82, 2.24) is 9.55 Å². The van der Waals surface area contributed by atoms with E-state index in [1.54, 1.807) is 0 Å². The standard InChI is InChI=1S/C63H45B2N5O/c1-63(2,3)40-35-55-60-58(36-40)71-62-50(65(60)48-30-16-20-34-54(48)67(55)41-21-7-4-8-22-41)39-49-61(66-62)70(43-25-11-6-12-26-43)57-38-44(69-51-31-17-13-27-45(51)46-28-14-18-32-52(46)69)37-56-59(57)64(49)47-29-15-19-33-53(47)68(56)42-23-9-5-10-24-42/h4-39H,1-3H3. The number of hydrogen-bond donors (Lipinski definition) is 0. The number of fused-ring (bicyclic) bond motifs is 11. The molecule has 9 aromatic carbocycles. The van der Waals surface area contributed by atoms with E-state index in [-0.39, 0.29) is 18.8 Å². The number of aromatic nitrogens is 2. The molecule has 0 aliphatic carbocycles. The van der Waals surface area contributed by atoms with Crippen molar-refractivity contribution in [3.63, 3.8) is 0 Å². The second-order valence-electron chi connectivity index (χ2n) is 20.3. The van der Waals surface area contributed by atoms with Gasteiger partial charge < -0.3 is 19.1 Å². The van der Waals surface area contributed by atoms with E-state index in [0.29, 0.717) is 5.88 Å². The van der Waals surface area contributed by atoms with Crippen LogP contribution in [-0.2, 0) is 5.41 Å². The van der Waals surface area contributed by atoms with E-state index in [1.165, 1.54) is 38.2 Å². The maximum absolute atomic E-state index is 7.35. The van der Waals surface area contributed by atoms with Gasteiger partial charge in [-0.1, -0.05) is 154 Å². The molecule has 334 valence electrons. The van der Waals surface area contributed by atoms with Crippen LogP contribution in [0.15, 0.2) is 218 Å². The maximum atomic E-state index is 7.35. The van der Waals surface area contributed by atoms with Crippen LogP contribution in [-0.4, -0.2) is 23.0 Å². The lowest BCUT2D eigenvalue weighted by atomic mass is 9.31. The zero-order valence-electron chi connectivity index (χ0n) is 39.6. The first-order valence-electron chi connectivity index (χ1n) is 24.7. The van der Waals surface area contributed by atoms with Crippen molar-refractivity contribution < 1.29 is 4.74 Å². The quantitative estimate of drug-likeness (QED) is 0.164. The molecule has 6 nitrogen and oxygen atoms in total. The fourth-order valence-corrected chi connectivity index (χ4v) is 12.3. The fourth-order valence-electron chi connectivity index (χ4n) is 12.3. The van der Waals surface area contributed by atoms with Crippen molar-refractivity contribution in [2.45, 2.75) is 26.2 Å². The van der Waals surface area contributed by atoms with Crippen molar-refractivity contribution in [2.24, 2.45) is 0 Å².